The van der Waals surface area contributed by atoms with Gasteiger partial charge in [-0.1, -0.05) is 46.8 Å². The summed E-state index contributed by atoms with van der Waals surface area (Å²) in [4.78, 5) is 0. The third-order valence-electron chi connectivity index (χ3n) is 4.02. The van der Waals surface area contributed by atoms with E-state index in [2.05, 4.69) is 39.9 Å². The zero-order valence-electron chi connectivity index (χ0n) is 13.0. The van der Waals surface area contributed by atoms with Crippen LogP contribution in [0.3, 0.4) is 0 Å². The quantitative estimate of drug-likeness (QED) is 0.783. The summed E-state index contributed by atoms with van der Waals surface area (Å²) in [5.74, 6) is 1.64. The van der Waals surface area contributed by atoms with Crippen LogP contribution in [0.1, 0.15) is 40.2 Å². The summed E-state index contributed by atoms with van der Waals surface area (Å²) in [6, 6.07) is 7.60. The minimum atomic E-state index is 0.242. The second kappa shape index (κ2) is 6.95. The Kier molecular flexibility index (Phi) is 5.86. The molecule has 0 aliphatic carbocycles. The maximum atomic E-state index is 9.35. The molecule has 0 amide bonds. The van der Waals surface area contributed by atoms with Gasteiger partial charge in [-0.25, -0.2) is 0 Å². The van der Waals surface area contributed by atoms with Gasteiger partial charge in [0, 0.05) is 6.54 Å². The lowest BCUT2D eigenvalue weighted by Gasteiger charge is -2.35. The van der Waals surface area contributed by atoms with E-state index in [-0.39, 0.29) is 5.41 Å². The highest BCUT2D eigenvalue weighted by Crippen LogP contribution is 2.31. The van der Waals surface area contributed by atoms with E-state index in [0.29, 0.717) is 17.6 Å². The second-order valence-electron chi connectivity index (χ2n) is 6.68. The highest BCUT2D eigenvalue weighted by Gasteiger charge is 2.28. The average Bonchev–Trinajstić information content (AvgIpc) is 2.31. The van der Waals surface area contributed by atoms with Crippen molar-refractivity contribution in [3.8, 4) is 5.75 Å². The SMILES string of the molecule is CC(C)CNCC(C)(Cc1ccc(O)cc1)C(C)C. The number of aromatic hydroxyl groups is 1. The molecule has 1 atom stereocenters. The monoisotopic (exact) mass is 263 g/mol. The molecule has 1 rings (SSSR count). The third-order valence-corrected chi connectivity index (χ3v) is 4.02. The van der Waals surface area contributed by atoms with E-state index in [1.807, 2.05) is 12.1 Å². The first-order valence-corrected chi connectivity index (χ1v) is 7.32. The van der Waals surface area contributed by atoms with E-state index in [9.17, 15) is 5.11 Å². The zero-order chi connectivity index (χ0) is 14.5. The first-order valence-electron chi connectivity index (χ1n) is 7.32. The standard InChI is InChI=1S/C17H29NO/c1-13(2)11-18-12-17(5,14(3)4)10-15-6-8-16(19)9-7-15/h6-9,13-14,18-19H,10-12H2,1-5H3. The minimum absolute atomic E-state index is 0.242. The Balaban J connectivity index is 2.67. The van der Waals surface area contributed by atoms with Crippen molar-refractivity contribution in [3.05, 3.63) is 29.8 Å². The lowest BCUT2D eigenvalue weighted by molar-refractivity contribution is 0.205. The molecule has 2 nitrogen and oxygen atoms in total. The van der Waals surface area contributed by atoms with Crippen LogP contribution in [0.25, 0.3) is 0 Å². The fraction of sp³-hybridized carbons (Fsp3) is 0.647. The van der Waals surface area contributed by atoms with Crippen molar-refractivity contribution >= 4 is 0 Å². The summed E-state index contributed by atoms with van der Waals surface area (Å²) in [7, 11) is 0. The topological polar surface area (TPSA) is 32.3 Å². The number of nitrogens with one attached hydrogen (secondary N) is 1. The van der Waals surface area contributed by atoms with Crippen molar-refractivity contribution in [3.63, 3.8) is 0 Å². The fourth-order valence-electron chi connectivity index (χ4n) is 2.20. The molecule has 0 aliphatic heterocycles. The number of rotatable bonds is 7. The highest BCUT2D eigenvalue weighted by atomic mass is 16.3. The Morgan fingerprint density at radius 1 is 1.11 bits per heavy atom. The summed E-state index contributed by atoms with van der Waals surface area (Å²) in [5, 5.41) is 12.9. The first kappa shape index (κ1) is 16.0. The van der Waals surface area contributed by atoms with Gasteiger partial charge in [0.15, 0.2) is 0 Å². The maximum absolute atomic E-state index is 9.35. The van der Waals surface area contributed by atoms with Crippen LogP contribution >= 0.6 is 0 Å². The molecule has 0 bridgehead atoms. The molecule has 0 saturated carbocycles. The summed E-state index contributed by atoms with van der Waals surface area (Å²) in [6.07, 6.45) is 1.04. The van der Waals surface area contributed by atoms with Crippen molar-refractivity contribution < 1.29 is 5.11 Å². The van der Waals surface area contributed by atoms with Crippen molar-refractivity contribution in [1.82, 2.24) is 5.32 Å². The van der Waals surface area contributed by atoms with Gasteiger partial charge in [0.1, 0.15) is 5.75 Å². The first-order chi connectivity index (χ1) is 8.83. The predicted octanol–water partition coefficient (Wildman–Crippen LogP) is 3.84. The minimum Gasteiger partial charge on any atom is -0.508 e. The van der Waals surface area contributed by atoms with Gasteiger partial charge in [-0.15, -0.1) is 0 Å². The van der Waals surface area contributed by atoms with Crippen molar-refractivity contribution in [2.24, 2.45) is 17.3 Å². The van der Waals surface area contributed by atoms with Crippen LogP contribution < -0.4 is 5.32 Å². The van der Waals surface area contributed by atoms with E-state index in [1.165, 1.54) is 5.56 Å². The maximum Gasteiger partial charge on any atom is 0.115 e. The van der Waals surface area contributed by atoms with E-state index >= 15 is 0 Å². The number of hydrogen-bond donors (Lipinski definition) is 2. The molecule has 0 aromatic heterocycles. The van der Waals surface area contributed by atoms with Gasteiger partial charge in [0.2, 0.25) is 0 Å². The molecule has 1 aromatic rings. The van der Waals surface area contributed by atoms with Crippen molar-refractivity contribution in [2.75, 3.05) is 13.1 Å². The van der Waals surface area contributed by atoms with E-state index < -0.39 is 0 Å². The van der Waals surface area contributed by atoms with E-state index in [4.69, 9.17) is 0 Å². The lowest BCUT2D eigenvalue weighted by Crippen LogP contribution is -2.39. The highest BCUT2D eigenvalue weighted by molar-refractivity contribution is 5.26. The second-order valence-corrected chi connectivity index (χ2v) is 6.68. The summed E-state index contributed by atoms with van der Waals surface area (Å²) >= 11 is 0. The molecule has 2 heteroatoms. The van der Waals surface area contributed by atoms with Crippen LogP contribution in [-0.2, 0) is 6.42 Å². The van der Waals surface area contributed by atoms with Crippen LogP contribution in [-0.4, -0.2) is 18.2 Å². The molecule has 19 heavy (non-hydrogen) atoms. The van der Waals surface area contributed by atoms with E-state index in [1.54, 1.807) is 12.1 Å². The van der Waals surface area contributed by atoms with Gasteiger partial charge in [0.05, 0.1) is 0 Å². The molecule has 0 fully saturated rings. The molecule has 0 heterocycles. The zero-order valence-corrected chi connectivity index (χ0v) is 13.0. The molecule has 1 aromatic carbocycles. The summed E-state index contributed by atoms with van der Waals surface area (Å²) in [6.45, 7) is 13.5. The lowest BCUT2D eigenvalue weighted by atomic mass is 9.74. The molecule has 0 aliphatic rings. The van der Waals surface area contributed by atoms with Gasteiger partial charge in [0.25, 0.3) is 0 Å². The Morgan fingerprint density at radius 3 is 2.16 bits per heavy atom. The smallest absolute Gasteiger partial charge is 0.115 e. The normalized spacial score (nSPS) is 14.9. The number of phenolic OH excluding ortho intramolecular Hbond substituents is 1. The molecule has 108 valence electrons. The summed E-state index contributed by atoms with van der Waals surface area (Å²) in [5.41, 5.74) is 1.53. The molecular weight excluding hydrogens is 234 g/mol. The van der Waals surface area contributed by atoms with Crippen molar-refractivity contribution in [1.29, 1.82) is 0 Å². The van der Waals surface area contributed by atoms with Gasteiger partial charge in [-0.2, -0.15) is 0 Å². The Morgan fingerprint density at radius 2 is 1.68 bits per heavy atom. The molecule has 2 N–H and O–H groups in total. The Hall–Kier alpha value is -1.02. The van der Waals surface area contributed by atoms with Crippen LogP contribution in [0, 0.1) is 17.3 Å². The van der Waals surface area contributed by atoms with Crippen LogP contribution in [0.4, 0.5) is 0 Å². The largest absolute Gasteiger partial charge is 0.508 e. The third kappa shape index (κ3) is 5.23. The van der Waals surface area contributed by atoms with Crippen LogP contribution in [0.5, 0.6) is 5.75 Å². The predicted molar refractivity (Wildman–Crippen MR) is 82.5 cm³/mol. The Bertz CT molecular complexity index is 369. The van der Waals surface area contributed by atoms with Gasteiger partial charge in [-0.05, 0) is 47.9 Å². The fourth-order valence-corrected chi connectivity index (χ4v) is 2.20. The van der Waals surface area contributed by atoms with Crippen LogP contribution in [0.2, 0.25) is 0 Å². The molecule has 0 spiro atoms. The average molecular weight is 263 g/mol. The molecular formula is C17H29NO. The number of phenols is 1. The summed E-state index contributed by atoms with van der Waals surface area (Å²) < 4.78 is 0. The molecule has 0 saturated heterocycles. The van der Waals surface area contributed by atoms with Gasteiger partial charge >= 0.3 is 0 Å². The van der Waals surface area contributed by atoms with Gasteiger partial charge < -0.3 is 10.4 Å². The number of hydrogen-bond acceptors (Lipinski definition) is 2. The van der Waals surface area contributed by atoms with Gasteiger partial charge in [-0.3, -0.25) is 0 Å². The van der Waals surface area contributed by atoms with Crippen molar-refractivity contribution in [2.45, 2.75) is 41.0 Å². The van der Waals surface area contributed by atoms with E-state index in [0.717, 1.165) is 19.5 Å². The Labute approximate surface area is 118 Å². The molecule has 0 radical (unpaired) electrons. The molecule has 1 unspecified atom stereocenters. The number of benzene rings is 1. The van der Waals surface area contributed by atoms with Crippen LogP contribution in [0.15, 0.2) is 24.3 Å².